The number of nitrogens with two attached hydrogens (primary N) is 2. The van der Waals surface area contributed by atoms with E-state index in [4.69, 9.17) is 0 Å². The Morgan fingerprint density at radius 1 is 1.00 bits per heavy atom. The molecule has 10 heavy (non-hydrogen) atoms. The Kier molecular flexibility index (Phi) is 3.47. The van der Waals surface area contributed by atoms with Crippen LogP contribution in [0, 0.1) is 0 Å². The van der Waals surface area contributed by atoms with E-state index >= 15 is 0 Å². The Bertz CT molecular complexity index is 173. The van der Waals surface area contributed by atoms with Crippen molar-refractivity contribution in [3.8, 4) is 0 Å². The van der Waals surface area contributed by atoms with Crippen LogP contribution in [0.25, 0.3) is 0 Å². The molecule has 6 heteroatoms. The molecule has 0 atom stereocenters. The first-order valence-corrected chi connectivity index (χ1v) is 2.28. The van der Waals surface area contributed by atoms with Gasteiger partial charge in [-0.15, -0.1) is 0 Å². The number of carbonyl (C=O) groups is 2. The molecule has 0 aliphatic carbocycles. The van der Waals surface area contributed by atoms with Gasteiger partial charge in [-0.25, -0.2) is 0 Å². The minimum Gasteiger partial charge on any atom is -0.365 e. The van der Waals surface area contributed by atoms with E-state index in [0.717, 1.165) is 12.4 Å². The van der Waals surface area contributed by atoms with Crippen molar-refractivity contribution in [3.05, 3.63) is 0 Å². The minimum atomic E-state index is -0.735. The molecular weight excluding hydrogens is 136 g/mol. The van der Waals surface area contributed by atoms with Crippen molar-refractivity contribution in [2.24, 2.45) is 21.7 Å². The molecule has 0 radical (unpaired) electrons. The van der Waals surface area contributed by atoms with E-state index in [1.807, 2.05) is 0 Å². The van der Waals surface area contributed by atoms with Gasteiger partial charge in [0.15, 0.2) is 0 Å². The van der Waals surface area contributed by atoms with Crippen LogP contribution >= 0.6 is 0 Å². The van der Waals surface area contributed by atoms with Crippen molar-refractivity contribution < 1.29 is 9.59 Å². The second kappa shape index (κ2) is 4.19. The lowest BCUT2D eigenvalue weighted by Crippen LogP contribution is -2.12. The van der Waals surface area contributed by atoms with Gasteiger partial charge in [0.25, 0.3) is 11.8 Å². The predicted molar refractivity (Wildman–Crippen MR) is 35.4 cm³/mol. The summed E-state index contributed by atoms with van der Waals surface area (Å²) in [5.74, 6) is -1.47. The van der Waals surface area contributed by atoms with Gasteiger partial charge in [0.05, 0.1) is 0 Å². The predicted octanol–water partition coefficient (Wildman–Crippen LogP) is -1.99. The standard InChI is InChI=1S/C4H6N4O2/c5-3(9)1-7-8-2-4(6)10/h1-2H,(H2,5,9)(H2,6,10). The zero-order chi connectivity index (χ0) is 7.98. The summed E-state index contributed by atoms with van der Waals surface area (Å²) in [6.45, 7) is 0. The zero-order valence-electron chi connectivity index (χ0n) is 5.02. The zero-order valence-corrected chi connectivity index (χ0v) is 5.02. The Morgan fingerprint density at radius 3 is 1.50 bits per heavy atom. The van der Waals surface area contributed by atoms with Crippen molar-refractivity contribution in [1.29, 1.82) is 0 Å². The largest absolute Gasteiger partial charge is 0.365 e. The number of amides is 2. The molecule has 0 spiro atoms. The summed E-state index contributed by atoms with van der Waals surface area (Å²) in [7, 11) is 0. The van der Waals surface area contributed by atoms with Gasteiger partial charge in [0.1, 0.15) is 12.4 Å². The highest BCUT2D eigenvalue weighted by molar-refractivity contribution is 6.27. The fourth-order valence-electron chi connectivity index (χ4n) is 0.180. The molecule has 0 fully saturated rings. The average molecular weight is 142 g/mol. The van der Waals surface area contributed by atoms with Crippen LogP contribution in [-0.2, 0) is 9.59 Å². The molecule has 6 nitrogen and oxygen atoms in total. The van der Waals surface area contributed by atoms with Crippen molar-refractivity contribution in [1.82, 2.24) is 0 Å². The molecule has 0 bridgehead atoms. The van der Waals surface area contributed by atoms with Crippen LogP contribution < -0.4 is 11.5 Å². The molecule has 0 unspecified atom stereocenters. The normalized spacial score (nSPS) is 10.8. The first-order chi connectivity index (χ1) is 4.63. The van der Waals surface area contributed by atoms with Gasteiger partial charge >= 0.3 is 0 Å². The number of hydrogen-bond acceptors (Lipinski definition) is 4. The second-order valence-electron chi connectivity index (χ2n) is 1.29. The van der Waals surface area contributed by atoms with Gasteiger partial charge < -0.3 is 11.5 Å². The van der Waals surface area contributed by atoms with Crippen molar-refractivity contribution in [2.45, 2.75) is 0 Å². The SMILES string of the molecule is NC(=O)C=NN=CC(N)=O. The summed E-state index contributed by atoms with van der Waals surface area (Å²) < 4.78 is 0. The summed E-state index contributed by atoms with van der Waals surface area (Å²) in [5, 5.41) is 6.16. The molecule has 0 aliphatic heterocycles. The molecule has 2 amide bonds. The van der Waals surface area contributed by atoms with E-state index in [0.29, 0.717) is 0 Å². The Labute approximate surface area is 56.6 Å². The van der Waals surface area contributed by atoms with Crippen LogP contribution in [0.3, 0.4) is 0 Å². The smallest absolute Gasteiger partial charge is 0.261 e. The molecule has 0 aliphatic rings. The molecule has 0 aromatic carbocycles. The van der Waals surface area contributed by atoms with Crippen LogP contribution in [-0.4, -0.2) is 24.2 Å². The van der Waals surface area contributed by atoms with Crippen molar-refractivity contribution >= 4 is 24.2 Å². The first kappa shape index (κ1) is 8.28. The highest BCUT2D eigenvalue weighted by Crippen LogP contribution is 1.64. The second-order valence-corrected chi connectivity index (χ2v) is 1.29. The third-order valence-electron chi connectivity index (χ3n) is 0.437. The number of carbonyl (C=O) groups excluding carboxylic acids is 2. The third kappa shape index (κ3) is 6.28. The number of primary amides is 2. The molecule has 4 N–H and O–H groups in total. The van der Waals surface area contributed by atoms with Crippen LogP contribution in [0.5, 0.6) is 0 Å². The number of rotatable bonds is 3. The van der Waals surface area contributed by atoms with Gasteiger partial charge in [0, 0.05) is 0 Å². The van der Waals surface area contributed by atoms with Gasteiger partial charge in [-0.2, -0.15) is 10.2 Å². The molecule has 0 heterocycles. The fraction of sp³-hybridized carbons (Fsp3) is 0. The van der Waals surface area contributed by atoms with E-state index in [1.54, 1.807) is 0 Å². The van der Waals surface area contributed by atoms with Gasteiger partial charge in [-0.3, -0.25) is 9.59 Å². The monoisotopic (exact) mass is 142 g/mol. The molecule has 0 aromatic rings. The quantitative estimate of drug-likeness (QED) is 0.351. The summed E-state index contributed by atoms with van der Waals surface area (Å²) in [5.41, 5.74) is 9.26. The summed E-state index contributed by atoms with van der Waals surface area (Å²) >= 11 is 0. The average Bonchev–Trinajstić information content (AvgIpc) is 1.79. The van der Waals surface area contributed by atoms with Gasteiger partial charge in [0.2, 0.25) is 0 Å². The maximum Gasteiger partial charge on any atom is 0.261 e. The Balaban J connectivity index is 3.73. The van der Waals surface area contributed by atoms with E-state index in [-0.39, 0.29) is 0 Å². The minimum absolute atomic E-state index is 0.735. The molecule has 0 saturated carbocycles. The maximum atomic E-state index is 9.93. The molecule has 54 valence electrons. The summed E-state index contributed by atoms with van der Waals surface area (Å²) in [4.78, 5) is 19.9. The molecule has 0 rings (SSSR count). The topological polar surface area (TPSA) is 111 Å². The van der Waals surface area contributed by atoms with E-state index in [1.165, 1.54) is 0 Å². The third-order valence-corrected chi connectivity index (χ3v) is 0.437. The van der Waals surface area contributed by atoms with E-state index in [9.17, 15) is 9.59 Å². The van der Waals surface area contributed by atoms with Crippen LogP contribution in [0.4, 0.5) is 0 Å². The van der Waals surface area contributed by atoms with Crippen LogP contribution in [0.2, 0.25) is 0 Å². The van der Waals surface area contributed by atoms with Crippen molar-refractivity contribution in [3.63, 3.8) is 0 Å². The highest BCUT2D eigenvalue weighted by atomic mass is 16.1. The molecular formula is C4H6N4O2. The lowest BCUT2D eigenvalue weighted by atomic mass is 10.7. The lowest BCUT2D eigenvalue weighted by molar-refractivity contribution is -0.112. The highest BCUT2D eigenvalue weighted by Gasteiger charge is 1.82. The Morgan fingerprint density at radius 2 is 1.30 bits per heavy atom. The molecule has 0 saturated heterocycles. The van der Waals surface area contributed by atoms with E-state index in [2.05, 4.69) is 21.7 Å². The van der Waals surface area contributed by atoms with Crippen LogP contribution in [0.15, 0.2) is 10.2 Å². The molecule has 0 aromatic heterocycles. The first-order valence-electron chi connectivity index (χ1n) is 2.28. The lowest BCUT2D eigenvalue weighted by Gasteiger charge is -1.75. The van der Waals surface area contributed by atoms with Gasteiger partial charge in [-0.05, 0) is 0 Å². The maximum absolute atomic E-state index is 9.93. The van der Waals surface area contributed by atoms with Gasteiger partial charge in [-0.1, -0.05) is 0 Å². The number of hydrogen-bond donors (Lipinski definition) is 2. The summed E-state index contributed by atoms with van der Waals surface area (Å²) in [6.07, 6.45) is 1.53. The Hall–Kier alpha value is -1.72. The van der Waals surface area contributed by atoms with Crippen molar-refractivity contribution in [2.75, 3.05) is 0 Å². The fourth-order valence-corrected chi connectivity index (χ4v) is 0.180. The summed E-state index contributed by atoms with van der Waals surface area (Å²) in [6, 6.07) is 0. The van der Waals surface area contributed by atoms with E-state index < -0.39 is 11.8 Å². The van der Waals surface area contributed by atoms with Crippen LogP contribution in [0.1, 0.15) is 0 Å². The number of nitrogens with zero attached hydrogens (tertiary/aromatic N) is 2.